The van der Waals surface area contributed by atoms with Crippen molar-refractivity contribution in [2.75, 3.05) is 0 Å². The second kappa shape index (κ2) is 6.91. The molecule has 126 valence electrons. The topological polar surface area (TPSA) is 71.1 Å². The first-order chi connectivity index (χ1) is 11.9. The fourth-order valence-electron chi connectivity index (χ4n) is 2.46. The van der Waals surface area contributed by atoms with Gasteiger partial charge in [-0.25, -0.2) is 0 Å². The molecule has 2 N–H and O–H groups in total. The minimum atomic E-state index is -0.424. The van der Waals surface area contributed by atoms with Gasteiger partial charge in [0.05, 0.1) is 16.8 Å². The van der Waals surface area contributed by atoms with Gasteiger partial charge >= 0.3 is 0 Å². The maximum absolute atomic E-state index is 12.4. The number of halogens is 1. The van der Waals surface area contributed by atoms with Crippen LogP contribution in [0.4, 0.5) is 0 Å². The highest BCUT2D eigenvalue weighted by Gasteiger charge is 2.13. The summed E-state index contributed by atoms with van der Waals surface area (Å²) in [4.78, 5) is 28.9. The Labute approximate surface area is 150 Å². The van der Waals surface area contributed by atoms with Gasteiger partial charge in [-0.05, 0) is 55.8 Å². The van der Waals surface area contributed by atoms with Crippen molar-refractivity contribution >= 4 is 34.3 Å². The predicted molar refractivity (Wildman–Crippen MR) is 97.6 cm³/mol. The van der Waals surface area contributed by atoms with Crippen molar-refractivity contribution in [2.24, 2.45) is 0 Å². The molecule has 2 aromatic carbocycles. The van der Waals surface area contributed by atoms with E-state index in [1.54, 1.807) is 37.3 Å². The molecule has 1 heterocycles. The van der Waals surface area contributed by atoms with E-state index in [9.17, 15) is 9.59 Å². The highest BCUT2D eigenvalue weighted by Crippen LogP contribution is 2.18. The maximum atomic E-state index is 12.4. The normalized spacial score (nSPS) is 10.5. The number of aryl methyl sites for hydroxylation is 2. The number of carbonyl (C=O) groups is 2. The lowest BCUT2D eigenvalue weighted by molar-refractivity contribution is 0.0846. The molecule has 0 saturated carbocycles. The number of fused-ring (bicyclic) bond motifs is 1. The van der Waals surface area contributed by atoms with Crippen molar-refractivity contribution < 1.29 is 9.59 Å². The fraction of sp³-hybridized carbons (Fsp3) is 0.105. The number of carbonyl (C=O) groups excluding carboxylic acids is 2. The Balaban J connectivity index is 1.75. The van der Waals surface area contributed by atoms with Crippen LogP contribution in [0.15, 0.2) is 48.5 Å². The summed E-state index contributed by atoms with van der Waals surface area (Å²) in [5.41, 5.74) is 8.15. The lowest BCUT2D eigenvalue weighted by atomic mass is 10.1. The molecule has 0 aliphatic carbocycles. The van der Waals surface area contributed by atoms with Gasteiger partial charge in [-0.15, -0.1) is 0 Å². The van der Waals surface area contributed by atoms with Gasteiger partial charge < -0.3 is 0 Å². The summed E-state index contributed by atoms with van der Waals surface area (Å²) in [6.45, 7) is 3.75. The van der Waals surface area contributed by atoms with Crippen LogP contribution in [0.1, 0.15) is 32.0 Å². The van der Waals surface area contributed by atoms with Crippen molar-refractivity contribution in [3.8, 4) is 0 Å². The standard InChI is InChI=1S/C19H16ClN3O2/c1-11-3-4-14-10-16(12(2)21-17(14)9-11)19(25)23-22-18(24)13-5-7-15(20)8-6-13/h3-10H,1-2H3,(H,22,24)(H,23,25). The third-order valence-electron chi connectivity index (χ3n) is 3.80. The van der Waals surface area contributed by atoms with Gasteiger partial charge in [0.1, 0.15) is 0 Å². The first kappa shape index (κ1) is 16.9. The lowest BCUT2D eigenvalue weighted by Crippen LogP contribution is -2.41. The zero-order chi connectivity index (χ0) is 18.0. The number of hydrogen-bond acceptors (Lipinski definition) is 3. The second-order valence-electron chi connectivity index (χ2n) is 5.73. The second-order valence-corrected chi connectivity index (χ2v) is 6.17. The van der Waals surface area contributed by atoms with Crippen LogP contribution in [0.2, 0.25) is 5.02 Å². The number of rotatable bonds is 2. The van der Waals surface area contributed by atoms with E-state index in [4.69, 9.17) is 11.6 Å². The van der Waals surface area contributed by atoms with Gasteiger partial charge in [0.15, 0.2) is 0 Å². The summed E-state index contributed by atoms with van der Waals surface area (Å²) < 4.78 is 0. The zero-order valence-corrected chi connectivity index (χ0v) is 14.5. The van der Waals surface area contributed by atoms with Crippen LogP contribution < -0.4 is 10.9 Å². The van der Waals surface area contributed by atoms with Gasteiger partial charge in [0, 0.05) is 16.0 Å². The number of pyridine rings is 1. The van der Waals surface area contributed by atoms with Crippen LogP contribution in [0.25, 0.3) is 10.9 Å². The third-order valence-corrected chi connectivity index (χ3v) is 4.06. The van der Waals surface area contributed by atoms with Crippen LogP contribution >= 0.6 is 11.6 Å². The Morgan fingerprint density at radius 3 is 2.32 bits per heavy atom. The highest BCUT2D eigenvalue weighted by atomic mass is 35.5. The molecule has 0 bridgehead atoms. The van der Waals surface area contributed by atoms with Crippen LogP contribution in [-0.2, 0) is 0 Å². The minimum Gasteiger partial charge on any atom is -0.267 e. The first-order valence-electron chi connectivity index (χ1n) is 7.68. The molecule has 0 radical (unpaired) electrons. The third kappa shape index (κ3) is 3.78. The molecule has 0 atom stereocenters. The summed E-state index contributed by atoms with van der Waals surface area (Å²) in [6, 6.07) is 14.0. The van der Waals surface area contributed by atoms with Crippen molar-refractivity contribution in [2.45, 2.75) is 13.8 Å². The number of nitrogens with zero attached hydrogens (tertiary/aromatic N) is 1. The molecule has 6 heteroatoms. The Morgan fingerprint density at radius 1 is 0.920 bits per heavy atom. The summed E-state index contributed by atoms with van der Waals surface area (Å²) >= 11 is 5.79. The Kier molecular flexibility index (Phi) is 4.67. The molecule has 25 heavy (non-hydrogen) atoms. The molecule has 0 saturated heterocycles. The van der Waals surface area contributed by atoms with Crippen LogP contribution in [-0.4, -0.2) is 16.8 Å². The maximum Gasteiger partial charge on any atom is 0.271 e. The molecule has 0 aliphatic heterocycles. The molecule has 1 aromatic heterocycles. The smallest absolute Gasteiger partial charge is 0.267 e. The Bertz CT molecular complexity index is 968. The highest BCUT2D eigenvalue weighted by molar-refractivity contribution is 6.30. The summed E-state index contributed by atoms with van der Waals surface area (Å²) in [6.07, 6.45) is 0. The molecule has 3 rings (SSSR count). The van der Waals surface area contributed by atoms with E-state index >= 15 is 0 Å². The summed E-state index contributed by atoms with van der Waals surface area (Å²) in [5, 5.41) is 1.40. The number of nitrogens with one attached hydrogen (secondary N) is 2. The number of hydrogen-bond donors (Lipinski definition) is 2. The van der Waals surface area contributed by atoms with Gasteiger partial charge in [-0.1, -0.05) is 23.7 Å². The van der Waals surface area contributed by atoms with Crippen molar-refractivity contribution in [1.29, 1.82) is 0 Å². The monoisotopic (exact) mass is 353 g/mol. The number of hydrazine groups is 1. The first-order valence-corrected chi connectivity index (χ1v) is 8.06. The predicted octanol–water partition coefficient (Wildman–Crippen LogP) is 3.58. The molecular weight excluding hydrogens is 338 g/mol. The number of benzene rings is 2. The molecular formula is C19H16ClN3O2. The molecule has 2 amide bonds. The van der Waals surface area contributed by atoms with Crippen LogP contribution in [0.5, 0.6) is 0 Å². The average molecular weight is 354 g/mol. The SMILES string of the molecule is Cc1ccc2cc(C(=O)NNC(=O)c3ccc(Cl)cc3)c(C)nc2c1. The lowest BCUT2D eigenvalue weighted by Gasteiger charge is -2.10. The summed E-state index contributed by atoms with van der Waals surface area (Å²) in [7, 11) is 0. The van der Waals surface area contributed by atoms with E-state index in [1.807, 2.05) is 25.1 Å². The van der Waals surface area contributed by atoms with E-state index in [0.717, 1.165) is 16.5 Å². The van der Waals surface area contributed by atoms with Gasteiger partial charge in [0.25, 0.3) is 11.8 Å². The van der Waals surface area contributed by atoms with Crippen LogP contribution in [0.3, 0.4) is 0 Å². The number of amides is 2. The van der Waals surface area contributed by atoms with Crippen molar-refractivity contribution in [3.05, 3.63) is 75.9 Å². The van der Waals surface area contributed by atoms with Crippen molar-refractivity contribution in [1.82, 2.24) is 15.8 Å². The molecule has 5 nitrogen and oxygen atoms in total. The van der Waals surface area contributed by atoms with E-state index < -0.39 is 11.8 Å². The molecule has 0 aliphatic rings. The van der Waals surface area contributed by atoms with Crippen molar-refractivity contribution in [3.63, 3.8) is 0 Å². The van der Waals surface area contributed by atoms with E-state index in [2.05, 4.69) is 15.8 Å². The van der Waals surface area contributed by atoms with E-state index in [1.165, 1.54) is 0 Å². The average Bonchev–Trinajstić information content (AvgIpc) is 2.59. The molecule has 0 spiro atoms. The van der Waals surface area contributed by atoms with Crippen LogP contribution in [0, 0.1) is 13.8 Å². The largest absolute Gasteiger partial charge is 0.271 e. The summed E-state index contributed by atoms with van der Waals surface area (Å²) in [5.74, 6) is -0.846. The number of aromatic nitrogens is 1. The molecule has 0 fully saturated rings. The quantitative estimate of drug-likeness (QED) is 0.692. The van der Waals surface area contributed by atoms with E-state index in [0.29, 0.717) is 21.8 Å². The van der Waals surface area contributed by atoms with Gasteiger partial charge in [-0.3, -0.25) is 25.4 Å². The van der Waals surface area contributed by atoms with Gasteiger partial charge in [0.2, 0.25) is 0 Å². The molecule has 3 aromatic rings. The fourth-order valence-corrected chi connectivity index (χ4v) is 2.58. The van der Waals surface area contributed by atoms with E-state index in [-0.39, 0.29) is 0 Å². The molecule has 0 unspecified atom stereocenters. The van der Waals surface area contributed by atoms with Gasteiger partial charge in [-0.2, -0.15) is 0 Å². The zero-order valence-electron chi connectivity index (χ0n) is 13.8. The minimum absolute atomic E-state index is 0.397. The Hall–Kier alpha value is -2.92. The Morgan fingerprint density at radius 2 is 1.60 bits per heavy atom.